The molecule has 1 rings (SSSR count). The molecule has 0 fully saturated rings. The molecule has 1 aromatic rings. The minimum atomic E-state index is -0.937. The number of benzene rings is 1. The number of carboxylic acid groups (broad SMARTS) is 1. The summed E-state index contributed by atoms with van der Waals surface area (Å²) in [6.45, 7) is 5.97. The maximum atomic E-state index is 11.6. The fourth-order valence-corrected chi connectivity index (χ4v) is 1.52. The summed E-state index contributed by atoms with van der Waals surface area (Å²) in [5.74, 6) is -0.969. The summed E-state index contributed by atoms with van der Waals surface area (Å²) in [7, 11) is 0. The number of carbonyl (C=O) groups excluding carboxylic acids is 1. The molecule has 0 aromatic heterocycles. The van der Waals surface area contributed by atoms with E-state index in [9.17, 15) is 9.59 Å². The largest absolute Gasteiger partial charge is 0.478 e. The molecule has 0 saturated carbocycles. The molecule has 2 N–H and O–H groups in total. The van der Waals surface area contributed by atoms with Gasteiger partial charge < -0.3 is 10.4 Å². The topological polar surface area (TPSA) is 66.4 Å². The van der Waals surface area contributed by atoms with Crippen LogP contribution in [-0.4, -0.2) is 23.5 Å². The summed E-state index contributed by atoms with van der Waals surface area (Å²) >= 11 is 0. The molecule has 0 unspecified atom stereocenters. The molecule has 4 heteroatoms. The highest BCUT2D eigenvalue weighted by molar-refractivity contribution is 5.89. The van der Waals surface area contributed by atoms with Crippen molar-refractivity contribution in [3.63, 3.8) is 0 Å². The van der Waals surface area contributed by atoms with Crippen molar-refractivity contribution in [1.82, 2.24) is 5.32 Å². The predicted octanol–water partition coefficient (Wildman–Crippen LogP) is 2.09. The Morgan fingerprint density at radius 1 is 1.22 bits per heavy atom. The van der Waals surface area contributed by atoms with E-state index in [2.05, 4.69) is 5.32 Å². The second-order valence-corrected chi connectivity index (χ2v) is 5.22. The fourth-order valence-electron chi connectivity index (χ4n) is 1.52. The monoisotopic (exact) mass is 249 g/mol. The van der Waals surface area contributed by atoms with Crippen molar-refractivity contribution in [2.24, 2.45) is 5.41 Å². The molecule has 0 aliphatic carbocycles. The molecular weight excluding hydrogens is 230 g/mol. The zero-order valence-corrected chi connectivity index (χ0v) is 11.0. The van der Waals surface area contributed by atoms with Crippen molar-refractivity contribution < 1.29 is 14.7 Å². The van der Waals surface area contributed by atoms with Crippen LogP contribution >= 0.6 is 0 Å². The highest BCUT2D eigenvalue weighted by atomic mass is 16.4. The molecule has 0 atom stereocenters. The Bertz CT molecular complexity index is 447. The number of hydrogen-bond donors (Lipinski definition) is 2. The number of hydrogen-bond acceptors (Lipinski definition) is 2. The van der Waals surface area contributed by atoms with Gasteiger partial charge in [-0.2, -0.15) is 0 Å². The summed E-state index contributed by atoms with van der Waals surface area (Å²) in [5.41, 5.74) is 0.605. The van der Waals surface area contributed by atoms with E-state index in [0.29, 0.717) is 18.5 Å². The Morgan fingerprint density at radius 2 is 1.83 bits per heavy atom. The van der Waals surface area contributed by atoms with Crippen LogP contribution in [0.25, 0.3) is 0 Å². The Balaban J connectivity index is 2.60. The maximum absolute atomic E-state index is 11.6. The van der Waals surface area contributed by atoms with Crippen molar-refractivity contribution >= 4 is 11.9 Å². The van der Waals surface area contributed by atoms with E-state index in [1.165, 1.54) is 0 Å². The van der Waals surface area contributed by atoms with Crippen LogP contribution in [0, 0.1) is 5.41 Å². The SMILES string of the molecule is CC(C)(C)C(=O)NCCc1ccccc1C(=O)O. The van der Waals surface area contributed by atoms with Gasteiger partial charge in [0.2, 0.25) is 5.91 Å². The van der Waals surface area contributed by atoms with E-state index in [0.717, 1.165) is 5.56 Å². The lowest BCUT2D eigenvalue weighted by Gasteiger charge is -2.17. The van der Waals surface area contributed by atoms with E-state index in [1.54, 1.807) is 24.3 Å². The highest BCUT2D eigenvalue weighted by Crippen LogP contribution is 2.13. The van der Waals surface area contributed by atoms with Crippen LogP contribution in [0.2, 0.25) is 0 Å². The van der Waals surface area contributed by atoms with Gasteiger partial charge in [-0.15, -0.1) is 0 Å². The standard InChI is InChI=1S/C14H19NO3/c1-14(2,3)13(18)15-9-8-10-6-4-5-7-11(10)12(16)17/h4-7H,8-9H2,1-3H3,(H,15,18)(H,16,17). The number of carboxylic acids is 1. The van der Waals surface area contributed by atoms with Gasteiger partial charge in [0.1, 0.15) is 0 Å². The molecule has 0 bridgehead atoms. The quantitative estimate of drug-likeness (QED) is 0.858. The molecule has 1 amide bonds. The minimum absolute atomic E-state index is 0.0321. The van der Waals surface area contributed by atoms with Crippen LogP contribution < -0.4 is 5.32 Å². The minimum Gasteiger partial charge on any atom is -0.478 e. The summed E-state index contributed by atoms with van der Waals surface area (Å²) in [6, 6.07) is 6.84. The van der Waals surface area contributed by atoms with Crippen LogP contribution in [0.5, 0.6) is 0 Å². The first-order valence-corrected chi connectivity index (χ1v) is 5.92. The third kappa shape index (κ3) is 3.87. The molecule has 0 saturated heterocycles. The van der Waals surface area contributed by atoms with E-state index in [4.69, 9.17) is 5.11 Å². The van der Waals surface area contributed by atoms with Gasteiger partial charge in [-0.25, -0.2) is 4.79 Å². The summed E-state index contributed by atoms with van der Waals surface area (Å²) < 4.78 is 0. The molecule has 0 spiro atoms. The van der Waals surface area contributed by atoms with E-state index < -0.39 is 11.4 Å². The Hall–Kier alpha value is -1.84. The number of rotatable bonds is 4. The number of nitrogens with one attached hydrogen (secondary N) is 1. The zero-order chi connectivity index (χ0) is 13.8. The fraction of sp³-hybridized carbons (Fsp3) is 0.429. The van der Waals surface area contributed by atoms with E-state index in [1.807, 2.05) is 20.8 Å². The van der Waals surface area contributed by atoms with Gasteiger partial charge in [0.05, 0.1) is 5.56 Å². The van der Waals surface area contributed by atoms with Gasteiger partial charge in [-0.1, -0.05) is 39.0 Å². The molecule has 1 aromatic carbocycles. The van der Waals surface area contributed by atoms with Gasteiger partial charge in [0.15, 0.2) is 0 Å². The van der Waals surface area contributed by atoms with Crippen LogP contribution in [0.1, 0.15) is 36.7 Å². The Labute approximate surface area is 107 Å². The predicted molar refractivity (Wildman–Crippen MR) is 69.6 cm³/mol. The zero-order valence-electron chi connectivity index (χ0n) is 11.0. The average Bonchev–Trinajstić information content (AvgIpc) is 2.28. The number of aromatic carboxylic acids is 1. The van der Waals surface area contributed by atoms with Gasteiger partial charge in [-0.3, -0.25) is 4.79 Å². The Kier molecular flexibility index (Phi) is 4.48. The van der Waals surface area contributed by atoms with Gasteiger partial charge in [-0.05, 0) is 18.1 Å². The van der Waals surface area contributed by atoms with Crippen LogP contribution in [0.3, 0.4) is 0 Å². The lowest BCUT2D eigenvalue weighted by molar-refractivity contribution is -0.128. The van der Waals surface area contributed by atoms with Gasteiger partial charge in [0, 0.05) is 12.0 Å². The molecule has 18 heavy (non-hydrogen) atoms. The first-order valence-electron chi connectivity index (χ1n) is 5.92. The van der Waals surface area contributed by atoms with Gasteiger partial charge >= 0.3 is 5.97 Å². The van der Waals surface area contributed by atoms with Crippen LogP contribution in [-0.2, 0) is 11.2 Å². The van der Waals surface area contributed by atoms with Crippen molar-refractivity contribution in [3.05, 3.63) is 35.4 Å². The van der Waals surface area contributed by atoms with Crippen molar-refractivity contribution in [1.29, 1.82) is 0 Å². The molecule has 0 aliphatic rings. The van der Waals surface area contributed by atoms with Crippen molar-refractivity contribution in [3.8, 4) is 0 Å². The third-order valence-corrected chi connectivity index (χ3v) is 2.61. The molecule has 0 heterocycles. The van der Waals surface area contributed by atoms with Crippen LogP contribution in [0.4, 0.5) is 0 Å². The number of amides is 1. The van der Waals surface area contributed by atoms with Crippen molar-refractivity contribution in [2.75, 3.05) is 6.54 Å². The lowest BCUT2D eigenvalue weighted by atomic mass is 9.95. The summed E-state index contributed by atoms with van der Waals surface area (Å²) in [4.78, 5) is 22.6. The number of carbonyl (C=O) groups is 2. The van der Waals surface area contributed by atoms with E-state index >= 15 is 0 Å². The normalized spacial score (nSPS) is 11.1. The Morgan fingerprint density at radius 3 is 2.39 bits per heavy atom. The van der Waals surface area contributed by atoms with Gasteiger partial charge in [0.25, 0.3) is 0 Å². The smallest absolute Gasteiger partial charge is 0.335 e. The highest BCUT2D eigenvalue weighted by Gasteiger charge is 2.20. The molecule has 98 valence electrons. The second kappa shape index (κ2) is 5.67. The maximum Gasteiger partial charge on any atom is 0.335 e. The third-order valence-electron chi connectivity index (χ3n) is 2.61. The van der Waals surface area contributed by atoms with Crippen LogP contribution in [0.15, 0.2) is 24.3 Å². The molecule has 0 radical (unpaired) electrons. The van der Waals surface area contributed by atoms with E-state index in [-0.39, 0.29) is 5.91 Å². The molecule has 0 aliphatic heterocycles. The van der Waals surface area contributed by atoms with Crippen molar-refractivity contribution in [2.45, 2.75) is 27.2 Å². The summed E-state index contributed by atoms with van der Waals surface area (Å²) in [5, 5.41) is 11.8. The second-order valence-electron chi connectivity index (χ2n) is 5.22. The molecule has 4 nitrogen and oxygen atoms in total. The average molecular weight is 249 g/mol. The first kappa shape index (κ1) is 14.2. The lowest BCUT2D eigenvalue weighted by Crippen LogP contribution is -2.36. The summed E-state index contributed by atoms with van der Waals surface area (Å²) in [6.07, 6.45) is 0.518. The molecular formula is C14H19NO3. The first-order chi connectivity index (χ1) is 8.32.